The molecule has 1 N–H and O–H groups in total. The minimum Gasteiger partial charge on any atom is -0.312 e. The molecular weight excluding hydrogens is 266 g/mol. The molecule has 3 heterocycles. The van der Waals surface area contributed by atoms with Crippen LogP contribution in [-0.4, -0.2) is 40.0 Å². The number of rotatable bonds is 2. The molecule has 4 rings (SSSR count). The first kappa shape index (κ1) is 12.5. The topological polar surface area (TPSA) is 63.1 Å². The van der Waals surface area contributed by atoms with Crippen LogP contribution in [-0.2, 0) is 6.42 Å². The first-order valence-corrected chi connectivity index (χ1v) is 7.28. The van der Waals surface area contributed by atoms with Crippen LogP contribution in [0.3, 0.4) is 0 Å². The van der Waals surface area contributed by atoms with Crippen LogP contribution in [0.4, 0.5) is 5.69 Å². The van der Waals surface area contributed by atoms with Gasteiger partial charge < -0.3 is 10.2 Å². The van der Waals surface area contributed by atoms with E-state index in [9.17, 15) is 4.79 Å². The van der Waals surface area contributed by atoms with Gasteiger partial charge in [0.2, 0.25) is 0 Å². The minimum atomic E-state index is -0.0639. The second-order valence-electron chi connectivity index (χ2n) is 5.75. The molecule has 1 aromatic heterocycles. The molecule has 0 spiro atoms. The molecule has 2 aliphatic heterocycles. The number of aromatic nitrogens is 3. The van der Waals surface area contributed by atoms with Gasteiger partial charge in [-0.3, -0.25) is 4.79 Å². The number of anilines is 1. The van der Waals surface area contributed by atoms with Crippen molar-refractivity contribution in [1.82, 2.24) is 20.3 Å². The molecular formula is C15H17N5O. The second-order valence-corrected chi connectivity index (χ2v) is 5.75. The zero-order valence-corrected chi connectivity index (χ0v) is 11.9. The Balaban J connectivity index is 1.63. The summed E-state index contributed by atoms with van der Waals surface area (Å²) in [6.45, 7) is 3.85. The third-order valence-electron chi connectivity index (χ3n) is 4.29. The van der Waals surface area contributed by atoms with Crippen LogP contribution in [0, 0.1) is 0 Å². The number of amides is 1. The van der Waals surface area contributed by atoms with E-state index >= 15 is 0 Å². The van der Waals surface area contributed by atoms with E-state index in [-0.39, 0.29) is 11.9 Å². The maximum absolute atomic E-state index is 12.8. The molecule has 1 atom stereocenters. The molecule has 108 valence electrons. The average molecular weight is 283 g/mol. The van der Waals surface area contributed by atoms with Crippen LogP contribution in [0.15, 0.2) is 30.5 Å². The molecule has 6 heteroatoms. The lowest BCUT2D eigenvalue weighted by Crippen LogP contribution is -2.43. The number of carbonyl (C=O) groups excluding carboxylic acids is 1. The molecule has 0 aliphatic carbocycles. The number of fused-ring (bicyclic) bond motifs is 1. The van der Waals surface area contributed by atoms with E-state index in [2.05, 4.69) is 28.6 Å². The number of nitrogens with zero attached hydrogens (tertiary/aromatic N) is 4. The predicted octanol–water partition coefficient (Wildman–Crippen LogP) is 1.01. The van der Waals surface area contributed by atoms with Crippen LogP contribution < -0.4 is 10.2 Å². The fraction of sp³-hybridized carbons (Fsp3) is 0.400. The van der Waals surface area contributed by atoms with Gasteiger partial charge in [-0.05, 0) is 25.0 Å². The summed E-state index contributed by atoms with van der Waals surface area (Å²) in [6, 6.07) is 8.54. The Kier molecular flexibility index (Phi) is 2.78. The van der Waals surface area contributed by atoms with Crippen LogP contribution in [0.25, 0.3) is 0 Å². The summed E-state index contributed by atoms with van der Waals surface area (Å²) in [5.74, 6) is -0.0639. The summed E-state index contributed by atoms with van der Waals surface area (Å²) >= 11 is 0. The van der Waals surface area contributed by atoms with Crippen LogP contribution in [0.5, 0.6) is 0 Å². The van der Waals surface area contributed by atoms with Crippen molar-refractivity contribution in [2.45, 2.75) is 25.4 Å². The van der Waals surface area contributed by atoms with Gasteiger partial charge in [-0.15, -0.1) is 5.10 Å². The molecule has 0 radical (unpaired) electrons. The SMILES string of the molecule is CC1Cc2ccccc2N1C(=O)c1cn(C2CNC2)nn1. The first-order valence-electron chi connectivity index (χ1n) is 7.28. The molecule has 1 saturated heterocycles. The van der Waals surface area contributed by atoms with Crippen molar-refractivity contribution < 1.29 is 4.79 Å². The van der Waals surface area contributed by atoms with Gasteiger partial charge in [-0.1, -0.05) is 23.4 Å². The number of benzene rings is 1. The minimum absolute atomic E-state index is 0.0639. The molecule has 2 aromatic rings. The van der Waals surface area contributed by atoms with Gasteiger partial charge in [0.1, 0.15) is 0 Å². The molecule has 0 bridgehead atoms. The highest BCUT2D eigenvalue weighted by atomic mass is 16.2. The van der Waals surface area contributed by atoms with E-state index in [1.54, 1.807) is 10.9 Å². The van der Waals surface area contributed by atoms with Gasteiger partial charge in [0.25, 0.3) is 5.91 Å². The highest BCUT2D eigenvalue weighted by Crippen LogP contribution is 2.32. The highest BCUT2D eigenvalue weighted by molar-refractivity contribution is 6.06. The average Bonchev–Trinajstić information content (AvgIpc) is 3.00. The van der Waals surface area contributed by atoms with Gasteiger partial charge in [0.15, 0.2) is 5.69 Å². The van der Waals surface area contributed by atoms with Crippen molar-refractivity contribution in [3.8, 4) is 0 Å². The number of hydrogen-bond acceptors (Lipinski definition) is 4. The zero-order chi connectivity index (χ0) is 14.4. The fourth-order valence-electron chi connectivity index (χ4n) is 3.01. The molecule has 6 nitrogen and oxygen atoms in total. The van der Waals surface area contributed by atoms with Crippen molar-refractivity contribution >= 4 is 11.6 Å². The van der Waals surface area contributed by atoms with E-state index in [1.807, 2.05) is 23.1 Å². The summed E-state index contributed by atoms with van der Waals surface area (Å²) in [6.07, 6.45) is 2.66. The summed E-state index contributed by atoms with van der Waals surface area (Å²) in [4.78, 5) is 14.6. The van der Waals surface area contributed by atoms with E-state index < -0.39 is 0 Å². The normalized spacial score (nSPS) is 21.2. The maximum Gasteiger partial charge on any atom is 0.280 e. The Morgan fingerprint density at radius 1 is 1.33 bits per heavy atom. The van der Waals surface area contributed by atoms with Gasteiger partial charge >= 0.3 is 0 Å². The van der Waals surface area contributed by atoms with Crippen molar-refractivity contribution in [3.63, 3.8) is 0 Å². The smallest absolute Gasteiger partial charge is 0.280 e. The number of carbonyl (C=O) groups is 1. The number of hydrogen-bond donors (Lipinski definition) is 1. The van der Waals surface area contributed by atoms with Crippen molar-refractivity contribution in [2.24, 2.45) is 0 Å². The van der Waals surface area contributed by atoms with Gasteiger partial charge in [-0.25, -0.2) is 4.68 Å². The largest absolute Gasteiger partial charge is 0.312 e. The summed E-state index contributed by atoms with van der Waals surface area (Å²) in [7, 11) is 0. The fourth-order valence-corrected chi connectivity index (χ4v) is 3.01. The number of para-hydroxylation sites is 1. The Morgan fingerprint density at radius 2 is 2.14 bits per heavy atom. The molecule has 1 aromatic carbocycles. The molecule has 0 saturated carbocycles. The zero-order valence-electron chi connectivity index (χ0n) is 11.9. The second kappa shape index (κ2) is 4.66. The lowest BCUT2D eigenvalue weighted by atomic mass is 10.1. The third kappa shape index (κ3) is 1.94. The number of nitrogens with one attached hydrogen (secondary N) is 1. The maximum atomic E-state index is 12.8. The summed E-state index contributed by atoms with van der Waals surface area (Å²) < 4.78 is 1.79. The van der Waals surface area contributed by atoms with E-state index in [0.717, 1.165) is 25.2 Å². The Morgan fingerprint density at radius 3 is 2.90 bits per heavy atom. The lowest BCUT2D eigenvalue weighted by Gasteiger charge is -2.26. The predicted molar refractivity (Wildman–Crippen MR) is 78.3 cm³/mol. The van der Waals surface area contributed by atoms with Gasteiger partial charge in [0, 0.05) is 24.8 Å². The van der Waals surface area contributed by atoms with E-state index in [0.29, 0.717) is 11.7 Å². The van der Waals surface area contributed by atoms with Crippen molar-refractivity contribution in [1.29, 1.82) is 0 Å². The molecule has 1 unspecified atom stereocenters. The standard InChI is InChI=1S/C15H17N5O/c1-10-6-11-4-2-3-5-14(11)20(10)15(21)13-9-19(18-17-13)12-7-16-8-12/h2-5,9-10,12,16H,6-8H2,1H3. The monoisotopic (exact) mass is 283 g/mol. The van der Waals surface area contributed by atoms with Gasteiger partial charge in [-0.2, -0.15) is 0 Å². The molecule has 1 fully saturated rings. The summed E-state index contributed by atoms with van der Waals surface area (Å²) in [5, 5.41) is 11.3. The lowest BCUT2D eigenvalue weighted by molar-refractivity contribution is 0.0976. The van der Waals surface area contributed by atoms with Crippen molar-refractivity contribution in [2.75, 3.05) is 18.0 Å². The molecule has 2 aliphatic rings. The Bertz CT molecular complexity index is 691. The van der Waals surface area contributed by atoms with Crippen molar-refractivity contribution in [3.05, 3.63) is 41.7 Å². The van der Waals surface area contributed by atoms with E-state index in [1.165, 1.54) is 5.56 Å². The van der Waals surface area contributed by atoms with Crippen LogP contribution in [0.2, 0.25) is 0 Å². The summed E-state index contributed by atoms with van der Waals surface area (Å²) in [5.41, 5.74) is 2.63. The van der Waals surface area contributed by atoms with Gasteiger partial charge in [0.05, 0.1) is 12.2 Å². The quantitative estimate of drug-likeness (QED) is 0.893. The molecule has 1 amide bonds. The van der Waals surface area contributed by atoms with E-state index in [4.69, 9.17) is 0 Å². The first-order chi connectivity index (χ1) is 10.2. The Labute approximate surface area is 122 Å². The van der Waals surface area contributed by atoms with Crippen LogP contribution >= 0.6 is 0 Å². The van der Waals surface area contributed by atoms with Crippen LogP contribution in [0.1, 0.15) is 29.0 Å². The third-order valence-corrected chi connectivity index (χ3v) is 4.29. The molecule has 21 heavy (non-hydrogen) atoms. The Hall–Kier alpha value is -2.21. The highest BCUT2D eigenvalue weighted by Gasteiger charge is 2.33.